The van der Waals surface area contributed by atoms with Gasteiger partial charge in [-0.2, -0.15) is 0 Å². The van der Waals surface area contributed by atoms with Crippen molar-refractivity contribution in [2.45, 2.75) is 110 Å². The van der Waals surface area contributed by atoms with Crippen LogP contribution in [0.25, 0.3) is 0 Å². The van der Waals surface area contributed by atoms with Gasteiger partial charge in [0, 0.05) is 6.42 Å². The van der Waals surface area contributed by atoms with Gasteiger partial charge in [-0.3, -0.25) is 4.79 Å². The smallest absolute Gasteiger partial charge is 0.186 e. The summed E-state index contributed by atoms with van der Waals surface area (Å²) in [5, 5.41) is 0. The lowest BCUT2D eigenvalue weighted by Crippen LogP contribution is -3.00. The minimum Gasteiger partial charge on any atom is -1.00 e. The van der Waals surface area contributed by atoms with E-state index in [0.717, 1.165) is 30.3 Å². The van der Waals surface area contributed by atoms with Gasteiger partial charge in [0.1, 0.15) is 6.54 Å². The standard InChI is InChI=1S/C22H46NO.ClH/c1-5-7-8-9-10-11-12-13-14-15-16-17-18-19-22(24)21-23(3,4)20-6-2;/h5-21H2,1-4H3;1H/q+1;/p-1. The first-order valence-corrected chi connectivity index (χ1v) is 10.9. The molecule has 25 heavy (non-hydrogen) atoms. The molecule has 0 radical (unpaired) electrons. The summed E-state index contributed by atoms with van der Waals surface area (Å²) in [5.74, 6) is 0.455. The molecule has 0 N–H and O–H groups in total. The van der Waals surface area contributed by atoms with Gasteiger partial charge in [-0.05, 0) is 12.8 Å². The molecule has 0 aliphatic heterocycles. The lowest BCUT2D eigenvalue weighted by atomic mass is 10.0. The van der Waals surface area contributed by atoms with Crippen LogP contribution in [0, 0.1) is 0 Å². The van der Waals surface area contributed by atoms with Crippen molar-refractivity contribution in [2.24, 2.45) is 0 Å². The average Bonchev–Trinajstić information content (AvgIpc) is 2.51. The van der Waals surface area contributed by atoms with Crippen LogP contribution in [-0.4, -0.2) is 37.5 Å². The predicted octanol–water partition coefficient (Wildman–Crippen LogP) is 3.53. The maximum atomic E-state index is 12.0. The van der Waals surface area contributed by atoms with Crippen LogP contribution in [0.5, 0.6) is 0 Å². The summed E-state index contributed by atoms with van der Waals surface area (Å²) >= 11 is 0. The summed E-state index contributed by atoms with van der Waals surface area (Å²) in [5.41, 5.74) is 0. The second-order valence-electron chi connectivity index (χ2n) is 8.35. The minimum atomic E-state index is 0. The van der Waals surface area contributed by atoms with Gasteiger partial charge in [-0.25, -0.2) is 0 Å². The van der Waals surface area contributed by atoms with Crippen molar-refractivity contribution in [2.75, 3.05) is 27.2 Å². The van der Waals surface area contributed by atoms with Crippen molar-refractivity contribution in [3.63, 3.8) is 0 Å². The van der Waals surface area contributed by atoms with Crippen LogP contribution in [0.3, 0.4) is 0 Å². The van der Waals surface area contributed by atoms with Gasteiger partial charge in [-0.15, -0.1) is 0 Å². The lowest BCUT2D eigenvalue weighted by Gasteiger charge is -2.28. The van der Waals surface area contributed by atoms with Crippen LogP contribution in [0.2, 0.25) is 0 Å². The van der Waals surface area contributed by atoms with Crippen molar-refractivity contribution in [1.29, 1.82) is 0 Å². The zero-order chi connectivity index (χ0) is 18.1. The van der Waals surface area contributed by atoms with Crippen molar-refractivity contribution >= 4 is 5.78 Å². The number of nitrogens with zero attached hydrogens (tertiary/aromatic N) is 1. The zero-order valence-electron chi connectivity index (χ0n) is 17.8. The molecule has 0 bridgehead atoms. The molecule has 3 heteroatoms. The molecule has 0 amide bonds. The van der Waals surface area contributed by atoms with Gasteiger partial charge in [-0.1, -0.05) is 90.9 Å². The fourth-order valence-corrected chi connectivity index (χ4v) is 3.58. The molecular weight excluding hydrogens is 330 g/mol. The Balaban J connectivity index is 0. The van der Waals surface area contributed by atoms with Gasteiger partial charge in [0.05, 0.1) is 20.6 Å². The summed E-state index contributed by atoms with van der Waals surface area (Å²) in [6, 6.07) is 0. The van der Waals surface area contributed by atoms with E-state index in [9.17, 15) is 4.79 Å². The summed E-state index contributed by atoms with van der Waals surface area (Å²) in [7, 11) is 4.34. The Morgan fingerprint density at radius 2 is 1.04 bits per heavy atom. The number of ketones is 1. The highest BCUT2D eigenvalue weighted by molar-refractivity contribution is 5.79. The Labute approximate surface area is 165 Å². The summed E-state index contributed by atoms with van der Waals surface area (Å²) < 4.78 is 0.855. The zero-order valence-corrected chi connectivity index (χ0v) is 18.5. The number of quaternary nitrogens is 1. The number of Topliss-reactive ketones (excluding diaryl/α,β-unsaturated/α-hetero) is 1. The SMILES string of the molecule is CCCCCCCCCCCCCCCC(=O)C[N+](C)(C)CCC.[Cl-]. The molecular formula is C22H46ClNO. The molecule has 0 atom stereocenters. The first kappa shape index (κ1) is 27.1. The molecule has 0 aliphatic rings. The average molecular weight is 376 g/mol. The number of hydrogen-bond donors (Lipinski definition) is 0. The molecule has 0 aromatic carbocycles. The first-order valence-electron chi connectivity index (χ1n) is 10.9. The lowest BCUT2D eigenvalue weighted by molar-refractivity contribution is -0.882. The van der Waals surface area contributed by atoms with E-state index in [1.807, 2.05) is 0 Å². The minimum absolute atomic E-state index is 0. The van der Waals surface area contributed by atoms with Crippen LogP contribution in [0.1, 0.15) is 110 Å². The third kappa shape index (κ3) is 20.1. The van der Waals surface area contributed by atoms with Crippen LogP contribution >= 0.6 is 0 Å². The van der Waals surface area contributed by atoms with E-state index in [2.05, 4.69) is 27.9 Å². The highest BCUT2D eigenvalue weighted by Gasteiger charge is 2.18. The van der Waals surface area contributed by atoms with Gasteiger partial charge >= 0.3 is 0 Å². The molecule has 0 spiro atoms. The fraction of sp³-hybridized carbons (Fsp3) is 0.955. The second kappa shape index (κ2) is 18.7. The van der Waals surface area contributed by atoms with Gasteiger partial charge in [0.15, 0.2) is 5.78 Å². The topological polar surface area (TPSA) is 17.1 Å². The maximum absolute atomic E-state index is 12.0. The Morgan fingerprint density at radius 1 is 0.640 bits per heavy atom. The molecule has 0 aliphatic carbocycles. The van der Waals surface area contributed by atoms with E-state index in [0.29, 0.717) is 12.3 Å². The van der Waals surface area contributed by atoms with E-state index in [4.69, 9.17) is 0 Å². The number of carbonyl (C=O) groups is 1. The number of hydrogen-bond acceptors (Lipinski definition) is 1. The number of likely N-dealkylation sites (N-methyl/N-ethyl adjacent to an activating group) is 1. The Bertz CT molecular complexity index is 292. The van der Waals surface area contributed by atoms with Crippen LogP contribution in [-0.2, 0) is 4.79 Å². The Morgan fingerprint density at radius 3 is 1.44 bits per heavy atom. The van der Waals surface area contributed by atoms with Crippen molar-refractivity contribution in [1.82, 2.24) is 0 Å². The van der Waals surface area contributed by atoms with E-state index in [1.54, 1.807) is 0 Å². The maximum Gasteiger partial charge on any atom is 0.186 e. The third-order valence-corrected chi connectivity index (χ3v) is 4.99. The van der Waals surface area contributed by atoms with Gasteiger partial charge in [0.25, 0.3) is 0 Å². The second-order valence-corrected chi connectivity index (χ2v) is 8.35. The predicted molar refractivity (Wildman–Crippen MR) is 107 cm³/mol. The number of carbonyl (C=O) groups excluding carboxylic acids is 1. The number of unbranched alkanes of at least 4 members (excludes halogenated alkanes) is 12. The Kier molecular flexibility index (Phi) is 20.3. The molecule has 152 valence electrons. The summed E-state index contributed by atoms with van der Waals surface area (Å²) in [6.45, 7) is 6.29. The third-order valence-electron chi connectivity index (χ3n) is 4.99. The summed E-state index contributed by atoms with van der Waals surface area (Å²) in [4.78, 5) is 12.0. The Hall–Kier alpha value is -0.0800. The largest absolute Gasteiger partial charge is 1.00 e. The number of halogens is 1. The molecule has 0 saturated carbocycles. The van der Waals surface area contributed by atoms with Crippen LogP contribution < -0.4 is 12.4 Å². The molecule has 0 aromatic heterocycles. The fourth-order valence-electron chi connectivity index (χ4n) is 3.58. The highest BCUT2D eigenvalue weighted by Crippen LogP contribution is 2.13. The molecule has 2 nitrogen and oxygen atoms in total. The molecule has 0 heterocycles. The van der Waals surface area contributed by atoms with Gasteiger partial charge < -0.3 is 16.9 Å². The molecule has 0 fully saturated rings. The van der Waals surface area contributed by atoms with E-state index >= 15 is 0 Å². The quantitative estimate of drug-likeness (QED) is 0.264. The molecule has 0 aromatic rings. The normalized spacial score (nSPS) is 11.4. The van der Waals surface area contributed by atoms with Crippen LogP contribution in [0.4, 0.5) is 0 Å². The van der Waals surface area contributed by atoms with Crippen molar-refractivity contribution < 1.29 is 21.7 Å². The van der Waals surface area contributed by atoms with E-state index in [1.165, 1.54) is 77.0 Å². The molecule has 0 saturated heterocycles. The summed E-state index contributed by atoms with van der Waals surface area (Å²) in [6.07, 6.45) is 19.7. The monoisotopic (exact) mass is 375 g/mol. The van der Waals surface area contributed by atoms with Crippen LogP contribution in [0.15, 0.2) is 0 Å². The first-order chi connectivity index (χ1) is 11.5. The molecule has 0 unspecified atom stereocenters. The molecule has 0 rings (SSSR count). The van der Waals surface area contributed by atoms with Gasteiger partial charge in [0.2, 0.25) is 0 Å². The van der Waals surface area contributed by atoms with E-state index < -0.39 is 0 Å². The van der Waals surface area contributed by atoms with Crippen molar-refractivity contribution in [3.05, 3.63) is 0 Å². The van der Waals surface area contributed by atoms with E-state index in [-0.39, 0.29) is 12.4 Å². The number of rotatable bonds is 18. The highest BCUT2D eigenvalue weighted by atomic mass is 35.5. The van der Waals surface area contributed by atoms with Crippen molar-refractivity contribution in [3.8, 4) is 0 Å².